The van der Waals surface area contributed by atoms with Crippen molar-refractivity contribution in [2.24, 2.45) is 0 Å². The molecule has 82 valence electrons. The van der Waals surface area contributed by atoms with Crippen molar-refractivity contribution < 1.29 is 9.45 Å². The Balaban J connectivity index is 2.65. The van der Waals surface area contributed by atoms with Crippen LogP contribution >= 0.6 is 15.9 Å². The van der Waals surface area contributed by atoms with E-state index in [1.54, 1.807) is 12.1 Å². The van der Waals surface area contributed by atoms with E-state index < -0.39 is 4.92 Å². The van der Waals surface area contributed by atoms with Gasteiger partial charge in [0.2, 0.25) is 0 Å². The molecule has 0 fully saturated rings. The Kier molecular flexibility index (Phi) is 2.61. The smallest absolute Gasteiger partial charge is 0.281 e. The average molecular weight is 284 g/mol. The van der Waals surface area contributed by atoms with Crippen molar-refractivity contribution in [2.45, 2.75) is 0 Å². The van der Waals surface area contributed by atoms with E-state index in [0.29, 0.717) is 10.0 Å². The second-order valence-electron chi connectivity index (χ2n) is 3.03. The second-order valence-corrected chi connectivity index (χ2v) is 3.94. The predicted octanol–water partition coefficient (Wildman–Crippen LogP) is 2.59. The molecule has 1 aromatic heterocycles. The number of anilines is 1. The van der Waals surface area contributed by atoms with Crippen molar-refractivity contribution in [3.63, 3.8) is 0 Å². The molecule has 0 radical (unpaired) electrons. The lowest BCUT2D eigenvalue weighted by atomic mass is 10.1. The van der Waals surface area contributed by atoms with E-state index in [-0.39, 0.29) is 17.1 Å². The standard InChI is InChI=1S/C9H6BrN3O3/c10-5-1-2-6(8(3-5)13(14)15)9-7(11)4-12-16-9/h1-4H,11H2. The number of hydrogen-bond acceptors (Lipinski definition) is 5. The molecule has 0 spiro atoms. The normalized spacial score (nSPS) is 10.3. The van der Waals surface area contributed by atoms with Crippen molar-refractivity contribution >= 4 is 27.3 Å². The largest absolute Gasteiger partial charge is 0.394 e. The third kappa shape index (κ3) is 1.76. The molecule has 0 amide bonds. The van der Waals surface area contributed by atoms with Gasteiger partial charge in [-0.3, -0.25) is 10.1 Å². The highest BCUT2D eigenvalue weighted by Crippen LogP contribution is 2.35. The molecule has 2 rings (SSSR count). The van der Waals surface area contributed by atoms with Gasteiger partial charge in [-0.1, -0.05) is 21.1 Å². The first-order valence-electron chi connectivity index (χ1n) is 4.24. The zero-order valence-electron chi connectivity index (χ0n) is 7.88. The van der Waals surface area contributed by atoms with Crippen molar-refractivity contribution in [1.29, 1.82) is 0 Å². The number of nitrogen functional groups attached to an aromatic ring is 1. The van der Waals surface area contributed by atoms with Crippen LogP contribution in [0.1, 0.15) is 0 Å². The Morgan fingerprint density at radius 1 is 1.50 bits per heavy atom. The number of rotatable bonds is 2. The quantitative estimate of drug-likeness (QED) is 0.675. The zero-order valence-corrected chi connectivity index (χ0v) is 9.47. The third-order valence-corrected chi connectivity index (χ3v) is 2.49. The van der Waals surface area contributed by atoms with Crippen molar-refractivity contribution in [2.75, 3.05) is 5.73 Å². The number of benzene rings is 1. The first kappa shape index (κ1) is 10.6. The summed E-state index contributed by atoms with van der Waals surface area (Å²) in [5.74, 6) is 0.208. The van der Waals surface area contributed by atoms with Crippen LogP contribution < -0.4 is 5.73 Å². The number of hydrogen-bond donors (Lipinski definition) is 1. The number of nitro groups is 1. The van der Waals surface area contributed by atoms with Crippen LogP contribution in [0.5, 0.6) is 0 Å². The fourth-order valence-electron chi connectivity index (χ4n) is 1.30. The van der Waals surface area contributed by atoms with Crippen LogP contribution in [-0.2, 0) is 0 Å². The lowest BCUT2D eigenvalue weighted by Crippen LogP contribution is -1.93. The highest BCUT2D eigenvalue weighted by atomic mass is 79.9. The number of nitrogens with two attached hydrogens (primary N) is 1. The van der Waals surface area contributed by atoms with E-state index in [0.717, 1.165) is 0 Å². The maximum atomic E-state index is 10.9. The van der Waals surface area contributed by atoms with Crippen LogP contribution in [0.25, 0.3) is 11.3 Å². The Morgan fingerprint density at radius 2 is 2.25 bits per heavy atom. The van der Waals surface area contributed by atoms with Gasteiger partial charge in [0, 0.05) is 10.5 Å². The van der Waals surface area contributed by atoms with Gasteiger partial charge in [0.25, 0.3) is 5.69 Å². The Labute approximate surface area is 98.3 Å². The lowest BCUT2D eigenvalue weighted by Gasteiger charge is -2.00. The molecule has 0 unspecified atom stereocenters. The molecular weight excluding hydrogens is 278 g/mol. The summed E-state index contributed by atoms with van der Waals surface area (Å²) < 4.78 is 5.50. The fraction of sp³-hybridized carbons (Fsp3) is 0. The molecule has 0 bridgehead atoms. The zero-order chi connectivity index (χ0) is 11.7. The van der Waals surface area contributed by atoms with Gasteiger partial charge in [0.05, 0.1) is 16.7 Å². The number of nitro benzene ring substituents is 1. The molecule has 1 aromatic carbocycles. The highest BCUT2D eigenvalue weighted by Gasteiger charge is 2.20. The van der Waals surface area contributed by atoms with Gasteiger partial charge in [0.1, 0.15) is 5.69 Å². The van der Waals surface area contributed by atoms with Crippen LogP contribution in [0.2, 0.25) is 0 Å². The van der Waals surface area contributed by atoms with Crippen LogP contribution in [0.3, 0.4) is 0 Å². The van der Waals surface area contributed by atoms with Crippen LogP contribution in [0.4, 0.5) is 11.4 Å². The van der Waals surface area contributed by atoms with E-state index in [9.17, 15) is 10.1 Å². The van der Waals surface area contributed by atoms with E-state index in [1.807, 2.05) is 0 Å². The Hall–Kier alpha value is -1.89. The first-order valence-corrected chi connectivity index (χ1v) is 5.03. The van der Waals surface area contributed by atoms with Gasteiger partial charge < -0.3 is 10.3 Å². The van der Waals surface area contributed by atoms with Gasteiger partial charge in [-0.25, -0.2) is 0 Å². The summed E-state index contributed by atoms with van der Waals surface area (Å²) in [5.41, 5.74) is 6.08. The molecule has 2 aromatic rings. The maximum absolute atomic E-state index is 10.9. The maximum Gasteiger partial charge on any atom is 0.281 e. The molecule has 0 atom stereocenters. The lowest BCUT2D eigenvalue weighted by molar-refractivity contribution is -0.384. The molecule has 6 nitrogen and oxygen atoms in total. The molecule has 0 aliphatic carbocycles. The van der Waals surface area contributed by atoms with Gasteiger partial charge >= 0.3 is 0 Å². The van der Waals surface area contributed by atoms with Gasteiger partial charge in [-0.2, -0.15) is 0 Å². The van der Waals surface area contributed by atoms with Crippen molar-refractivity contribution in [1.82, 2.24) is 5.16 Å². The van der Waals surface area contributed by atoms with Gasteiger partial charge in [-0.05, 0) is 12.1 Å². The molecule has 0 aliphatic rings. The summed E-state index contributed by atoms with van der Waals surface area (Å²) in [6.45, 7) is 0. The minimum atomic E-state index is -0.498. The molecular formula is C9H6BrN3O3. The minimum absolute atomic E-state index is 0.0853. The fourth-order valence-corrected chi connectivity index (χ4v) is 1.65. The molecule has 0 aliphatic heterocycles. The number of halogens is 1. The van der Waals surface area contributed by atoms with Gasteiger partial charge in [-0.15, -0.1) is 0 Å². The van der Waals surface area contributed by atoms with E-state index in [4.69, 9.17) is 10.3 Å². The van der Waals surface area contributed by atoms with Crippen molar-refractivity contribution in [3.05, 3.63) is 39.0 Å². The average Bonchev–Trinajstić information content (AvgIpc) is 2.64. The van der Waals surface area contributed by atoms with E-state index >= 15 is 0 Å². The summed E-state index contributed by atoms with van der Waals surface area (Å²) in [6.07, 6.45) is 1.31. The monoisotopic (exact) mass is 283 g/mol. The van der Waals surface area contributed by atoms with Crippen molar-refractivity contribution in [3.8, 4) is 11.3 Å². The van der Waals surface area contributed by atoms with E-state index in [2.05, 4.69) is 21.1 Å². The third-order valence-electron chi connectivity index (χ3n) is 2.00. The summed E-state index contributed by atoms with van der Waals surface area (Å²) in [7, 11) is 0. The van der Waals surface area contributed by atoms with Gasteiger partial charge in [0.15, 0.2) is 5.76 Å². The molecule has 16 heavy (non-hydrogen) atoms. The SMILES string of the molecule is Nc1cnoc1-c1ccc(Br)cc1[N+](=O)[O-]. The minimum Gasteiger partial charge on any atom is -0.394 e. The molecule has 7 heteroatoms. The predicted molar refractivity (Wildman–Crippen MR) is 60.7 cm³/mol. The summed E-state index contributed by atoms with van der Waals surface area (Å²) in [5, 5.41) is 14.3. The summed E-state index contributed by atoms with van der Waals surface area (Å²) in [6, 6.07) is 4.61. The molecule has 2 N–H and O–H groups in total. The van der Waals surface area contributed by atoms with E-state index in [1.165, 1.54) is 12.3 Å². The Bertz CT molecular complexity index is 553. The number of nitrogens with zero attached hydrogens (tertiary/aromatic N) is 2. The molecule has 1 heterocycles. The molecule has 0 saturated carbocycles. The van der Waals surface area contributed by atoms with Crippen LogP contribution in [0.15, 0.2) is 33.4 Å². The van der Waals surface area contributed by atoms with Crippen LogP contribution in [-0.4, -0.2) is 10.1 Å². The summed E-state index contributed by atoms with van der Waals surface area (Å²) in [4.78, 5) is 10.4. The topological polar surface area (TPSA) is 95.2 Å². The highest BCUT2D eigenvalue weighted by molar-refractivity contribution is 9.10. The number of aromatic nitrogens is 1. The molecule has 0 saturated heterocycles. The Morgan fingerprint density at radius 3 is 2.81 bits per heavy atom. The van der Waals surface area contributed by atoms with Crippen LogP contribution in [0, 0.1) is 10.1 Å². The first-order chi connectivity index (χ1) is 7.59. The second kappa shape index (κ2) is 3.93. The summed E-state index contributed by atoms with van der Waals surface area (Å²) >= 11 is 3.16.